The van der Waals surface area contributed by atoms with Crippen LogP contribution in [-0.4, -0.2) is 9.55 Å². The van der Waals surface area contributed by atoms with Crippen molar-refractivity contribution in [2.75, 3.05) is 5.73 Å². The normalized spacial score (nSPS) is 16.9. The Morgan fingerprint density at radius 2 is 2.05 bits per heavy atom. The van der Waals surface area contributed by atoms with E-state index in [0.717, 1.165) is 18.5 Å². The highest BCUT2D eigenvalue weighted by Crippen LogP contribution is 2.37. The molecule has 0 saturated carbocycles. The molecule has 3 heteroatoms. The maximum absolute atomic E-state index is 6.12. The average Bonchev–Trinajstić information content (AvgIpc) is 2.73. The Kier molecular flexibility index (Phi) is 2.36. The molecule has 0 aliphatic heterocycles. The third-order valence-corrected chi connectivity index (χ3v) is 4.36. The molecule has 2 N–H and O–H groups in total. The molecule has 0 amide bonds. The minimum absolute atomic E-state index is 0.561. The molecule has 1 unspecified atom stereocenters. The van der Waals surface area contributed by atoms with Crippen LogP contribution in [-0.2, 0) is 13.0 Å². The Morgan fingerprint density at radius 3 is 2.90 bits per heavy atom. The number of imidazole rings is 1. The molecule has 0 radical (unpaired) electrons. The summed E-state index contributed by atoms with van der Waals surface area (Å²) in [5.41, 5.74) is 12.5. The molecule has 20 heavy (non-hydrogen) atoms. The second-order valence-corrected chi connectivity index (χ2v) is 5.62. The molecule has 3 nitrogen and oxygen atoms in total. The predicted octanol–water partition coefficient (Wildman–Crippen LogP) is 3.27. The maximum atomic E-state index is 6.12. The molecule has 1 heterocycles. The lowest BCUT2D eigenvalue weighted by Gasteiger charge is -2.30. The third-order valence-electron chi connectivity index (χ3n) is 4.36. The van der Waals surface area contributed by atoms with E-state index in [1.165, 1.54) is 22.2 Å². The first-order valence-electron chi connectivity index (χ1n) is 7.03. The summed E-state index contributed by atoms with van der Waals surface area (Å²) in [4.78, 5) is 4.48. The SMILES string of the molecule is Cc1cccc2nc(N)n(CC3Cc4ccccc43)c12. The van der Waals surface area contributed by atoms with Gasteiger partial charge in [-0.15, -0.1) is 0 Å². The van der Waals surface area contributed by atoms with Crippen molar-refractivity contribution in [1.82, 2.24) is 9.55 Å². The number of para-hydroxylation sites is 1. The van der Waals surface area contributed by atoms with Crippen LogP contribution in [0.25, 0.3) is 11.0 Å². The fourth-order valence-electron chi connectivity index (χ4n) is 3.31. The number of anilines is 1. The van der Waals surface area contributed by atoms with E-state index in [0.29, 0.717) is 11.9 Å². The number of rotatable bonds is 2. The first-order chi connectivity index (χ1) is 9.74. The lowest BCUT2D eigenvalue weighted by molar-refractivity contribution is 0.520. The summed E-state index contributed by atoms with van der Waals surface area (Å²) in [6.07, 6.45) is 1.14. The van der Waals surface area contributed by atoms with Gasteiger partial charge in [-0.1, -0.05) is 36.4 Å². The Balaban J connectivity index is 1.76. The highest BCUT2D eigenvalue weighted by molar-refractivity contribution is 5.81. The van der Waals surface area contributed by atoms with E-state index in [1.54, 1.807) is 0 Å². The second kappa shape index (κ2) is 4.10. The first kappa shape index (κ1) is 11.5. The molecule has 3 aromatic rings. The van der Waals surface area contributed by atoms with Gasteiger partial charge in [0.1, 0.15) is 0 Å². The fraction of sp³-hybridized carbons (Fsp3) is 0.235. The lowest BCUT2D eigenvalue weighted by Crippen LogP contribution is -2.22. The van der Waals surface area contributed by atoms with Crippen LogP contribution in [0.3, 0.4) is 0 Å². The van der Waals surface area contributed by atoms with Crippen molar-refractivity contribution in [3.8, 4) is 0 Å². The van der Waals surface area contributed by atoms with Gasteiger partial charge in [0.2, 0.25) is 5.95 Å². The molecule has 0 fully saturated rings. The highest BCUT2D eigenvalue weighted by Gasteiger charge is 2.27. The molecule has 1 atom stereocenters. The predicted molar refractivity (Wildman–Crippen MR) is 81.8 cm³/mol. The van der Waals surface area contributed by atoms with E-state index in [-0.39, 0.29) is 0 Å². The Hall–Kier alpha value is -2.29. The van der Waals surface area contributed by atoms with Crippen LogP contribution >= 0.6 is 0 Å². The van der Waals surface area contributed by atoms with Crippen LogP contribution in [0.4, 0.5) is 5.95 Å². The van der Waals surface area contributed by atoms with Gasteiger partial charge >= 0.3 is 0 Å². The molecule has 0 bridgehead atoms. The van der Waals surface area contributed by atoms with Crippen molar-refractivity contribution in [2.24, 2.45) is 0 Å². The van der Waals surface area contributed by atoms with E-state index in [4.69, 9.17) is 5.73 Å². The van der Waals surface area contributed by atoms with Gasteiger partial charge in [0.05, 0.1) is 11.0 Å². The van der Waals surface area contributed by atoms with Gasteiger partial charge in [-0.3, -0.25) is 0 Å². The summed E-state index contributed by atoms with van der Waals surface area (Å²) in [5, 5.41) is 0. The minimum atomic E-state index is 0.561. The standard InChI is InChI=1S/C17H17N3/c1-11-5-4-8-15-16(11)20(17(18)19-15)10-13-9-12-6-2-3-7-14(12)13/h2-8,13H,9-10H2,1H3,(H2,18,19). The molecule has 100 valence electrons. The lowest BCUT2D eigenvalue weighted by atomic mass is 9.77. The van der Waals surface area contributed by atoms with Gasteiger partial charge in [-0.05, 0) is 36.1 Å². The van der Waals surface area contributed by atoms with Crippen LogP contribution in [0, 0.1) is 6.92 Å². The number of hydrogen-bond acceptors (Lipinski definition) is 2. The molecule has 4 rings (SSSR count). The first-order valence-corrected chi connectivity index (χ1v) is 7.03. The number of fused-ring (bicyclic) bond motifs is 2. The quantitative estimate of drug-likeness (QED) is 0.771. The van der Waals surface area contributed by atoms with Crippen molar-refractivity contribution in [2.45, 2.75) is 25.8 Å². The number of nitrogen functional groups attached to an aromatic ring is 1. The summed E-state index contributed by atoms with van der Waals surface area (Å²) in [6.45, 7) is 3.04. The zero-order valence-electron chi connectivity index (χ0n) is 11.5. The Bertz CT molecular complexity index is 801. The number of hydrogen-bond donors (Lipinski definition) is 1. The number of aromatic nitrogens is 2. The highest BCUT2D eigenvalue weighted by atomic mass is 15.2. The number of aryl methyl sites for hydroxylation is 1. The fourth-order valence-corrected chi connectivity index (χ4v) is 3.31. The van der Waals surface area contributed by atoms with Crippen molar-refractivity contribution >= 4 is 17.0 Å². The molecule has 0 spiro atoms. The minimum Gasteiger partial charge on any atom is -0.369 e. The van der Waals surface area contributed by atoms with Crippen molar-refractivity contribution in [1.29, 1.82) is 0 Å². The topological polar surface area (TPSA) is 43.8 Å². The van der Waals surface area contributed by atoms with Gasteiger partial charge < -0.3 is 10.3 Å². The summed E-state index contributed by atoms with van der Waals surface area (Å²) in [6, 6.07) is 14.9. The maximum Gasteiger partial charge on any atom is 0.201 e. The molecule has 1 aliphatic rings. The van der Waals surface area contributed by atoms with Crippen LogP contribution in [0.15, 0.2) is 42.5 Å². The molecule has 1 aliphatic carbocycles. The second-order valence-electron chi connectivity index (χ2n) is 5.62. The summed E-state index contributed by atoms with van der Waals surface area (Å²) < 4.78 is 2.17. The molecule has 2 aromatic carbocycles. The molecule has 1 aromatic heterocycles. The molecular formula is C17H17N3. The van der Waals surface area contributed by atoms with Gasteiger partial charge in [0.15, 0.2) is 0 Å². The Labute approximate surface area is 118 Å². The average molecular weight is 263 g/mol. The van der Waals surface area contributed by atoms with E-state index >= 15 is 0 Å². The Morgan fingerprint density at radius 1 is 1.20 bits per heavy atom. The zero-order chi connectivity index (χ0) is 13.7. The van der Waals surface area contributed by atoms with Gasteiger partial charge in [0.25, 0.3) is 0 Å². The largest absolute Gasteiger partial charge is 0.369 e. The summed E-state index contributed by atoms with van der Waals surface area (Å²) in [5.74, 6) is 1.18. The monoisotopic (exact) mass is 263 g/mol. The zero-order valence-corrected chi connectivity index (χ0v) is 11.5. The number of nitrogens with two attached hydrogens (primary N) is 1. The van der Waals surface area contributed by atoms with Crippen LogP contribution in [0.2, 0.25) is 0 Å². The van der Waals surface area contributed by atoms with E-state index in [2.05, 4.69) is 46.8 Å². The van der Waals surface area contributed by atoms with Crippen molar-refractivity contribution in [3.05, 3.63) is 59.2 Å². The summed E-state index contributed by atoms with van der Waals surface area (Å²) >= 11 is 0. The van der Waals surface area contributed by atoms with Gasteiger partial charge in [0, 0.05) is 12.5 Å². The summed E-state index contributed by atoms with van der Waals surface area (Å²) in [7, 11) is 0. The third kappa shape index (κ3) is 1.56. The van der Waals surface area contributed by atoms with E-state index in [1.807, 2.05) is 12.1 Å². The van der Waals surface area contributed by atoms with Crippen LogP contribution in [0.1, 0.15) is 22.6 Å². The number of nitrogens with zero attached hydrogens (tertiary/aromatic N) is 2. The van der Waals surface area contributed by atoms with Crippen molar-refractivity contribution < 1.29 is 0 Å². The van der Waals surface area contributed by atoms with E-state index in [9.17, 15) is 0 Å². The van der Waals surface area contributed by atoms with Crippen LogP contribution in [0.5, 0.6) is 0 Å². The van der Waals surface area contributed by atoms with Crippen LogP contribution < -0.4 is 5.73 Å². The van der Waals surface area contributed by atoms with Gasteiger partial charge in [-0.2, -0.15) is 0 Å². The van der Waals surface area contributed by atoms with Crippen molar-refractivity contribution in [3.63, 3.8) is 0 Å². The smallest absolute Gasteiger partial charge is 0.201 e. The number of benzene rings is 2. The molecular weight excluding hydrogens is 246 g/mol. The van der Waals surface area contributed by atoms with E-state index < -0.39 is 0 Å². The molecule has 0 saturated heterocycles. The van der Waals surface area contributed by atoms with Gasteiger partial charge in [-0.25, -0.2) is 4.98 Å².